The van der Waals surface area contributed by atoms with Crippen molar-refractivity contribution in [2.45, 2.75) is 13.8 Å². The van der Waals surface area contributed by atoms with Gasteiger partial charge in [-0.25, -0.2) is 0 Å². The lowest BCUT2D eigenvalue weighted by Crippen LogP contribution is -2.30. The lowest BCUT2D eigenvalue weighted by Gasteiger charge is -2.23. The van der Waals surface area contributed by atoms with Gasteiger partial charge in [-0.2, -0.15) is 0 Å². The summed E-state index contributed by atoms with van der Waals surface area (Å²) in [6.07, 6.45) is 3.77. The lowest BCUT2D eigenvalue weighted by atomic mass is 10.1. The van der Waals surface area contributed by atoms with Gasteiger partial charge in [0, 0.05) is 37.2 Å². The van der Waals surface area contributed by atoms with Crippen LogP contribution >= 0.6 is 0 Å². The lowest BCUT2D eigenvalue weighted by molar-refractivity contribution is 0.0999. The number of ketones is 1. The minimum absolute atomic E-state index is 0.158. The average Bonchev–Trinajstić information content (AvgIpc) is 2.83. The number of aryl methyl sites for hydroxylation is 2. The van der Waals surface area contributed by atoms with E-state index in [0.717, 1.165) is 17.8 Å². The maximum atomic E-state index is 12.3. The fourth-order valence-electron chi connectivity index (χ4n) is 2.22. The summed E-state index contributed by atoms with van der Waals surface area (Å²) in [6.45, 7) is 5.39. The van der Waals surface area contributed by atoms with Gasteiger partial charge >= 0.3 is 0 Å². The molecule has 0 bridgehead atoms. The number of carbonyl (C=O) groups is 1. The van der Waals surface area contributed by atoms with Crippen molar-refractivity contribution in [3.8, 4) is 0 Å². The Labute approximate surface area is 114 Å². The van der Waals surface area contributed by atoms with Gasteiger partial charge in [0.15, 0.2) is 5.78 Å². The third-order valence-corrected chi connectivity index (χ3v) is 3.33. The number of nitrogens with zero attached hydrogens (tertiary/aromatic N) is 2. The largest absolute Gasteiger partial charge is 0.364 e. The van der Waals surface area contributed by atoms with Gasteiger partial charge in [-0.1, -0.05) is 18.2 Å². The number of aromatic nitrogens is 1. The highest BCUT2D eigenvalue weighted by Crippen LogP contribution is 2.19. The highest BCUT2D eigenvalue weighted by atomic mass is 16.1. The van der Waals surface area contributed by atoms with Crippen LogP contribution in [-0.2, 0) is 7.05 Å². The molecule has 0 unspecified atom stereocenters. The number of carbonyl (C=O) groups excluding carboxylic acids is 1. The summed E-state index contributed by atoms with van der Waals surface area (Å²) in [4.78, 5) is 14.4. The predicted molar refractivity (Wildman–Crippen MR) is 78.8 cm³/mol. The number of benzene rings is 1. The van der Waals surface area contributed by atoms with E-state index in [9.17, 15) is 4.79 Å². The molecule has 3 nitrogen and oxygen atoms in total. The van der Waals surface area contributed by atoms with Crippen molar-refractivity contribution in [2.24, 2.45) is 7.05 Å². The van der Waals surface area contributed by atoms with Crippen molar-refractivity contribution in [2.75, 3.05) is 18.0 Å². The summed E-state index contributed by atoms with van der Waals surface area (Å²) in [5, 5.41) is 0. The molecular formula is C16H20N2O. The van der Waals surface area contributed by atoms with E-state index in [2.05, 4.69) is 30.9 Å². The molecule has 0 saturated carbocycles. The van der Waals surface area contributed by atoms with Crippen LogP contribution in [0.1, 0.15) is 22.8 Å². The normalized spacial score (nSPS) is 10.5. The van der Waals surface area contributed by atoms with E-state index in [0.29, 0.717) is 6.54 Å². The van der Waals surface area contributed by atoms with Crippen LogP contribution in [0.3, 0.4) is 0 Å². The molecule has 1 aromatic carbocycles. The molecule has 2 rings (SSSR count). The SMILES string of the molecule is CCN(CC(=O)c1ccn(C)c1)c1ccccc1C. The highest BCUT2D eigenvalue weighted by Gasteiger charge is 2.13. The van der Waals surface area contributed by atoms with Gasteiger partial charge in [0.25, 0.3) is 0 Å². The second kappa shape index (κ2) is 5.74. The van der Waals surface area contributed by atoms with Crippen molar-refractivity contribution in [3.63, 3.8) is 0 Å². The van der Waals surface area contributed by atoms with E-state index >= 15 is 0 Å². The van der Waals surface area contributed by atoms with Gasteiger partial charge in [0.05, 0.1) is 6.54 Å². The standard InChI is InChI=1S/C16H20N2O/c1-4-18(15-8-6-5-7-13(15)2)12-16(19)14-9-10-17(3)11-14/h5-11H,4,12H2,1-3H3. The summed E-state index contributed by atoms with van der Waals surface area (Å²) in [7, 11) is 1.93. The minimum atomic E-state index is 0.158. The Bertz CT molecular complexity index is 572. The molecule has 0 aliphatic rings. The molecule has 2 aromatic rings. The van der Waals surface area contributed by atoms with Gasteiger partial charge in [-0.15, -0.1) is 0 Å². The van der Waals surface area contributed by atoms with Gasteiger partial charge < -0.3 is 9.47 Å². The number of likely N-dealkylation sites (N-methyl/N-ethyl adjacent to an activating group) is 1. The summed E-state index contributed by atoms with van der Waals surface area (Å²) in [6, 6.07) is 10.0. The number of Topliss-reactive ketones (excluding diaryl/α,β-unsaturated/α-hetero) is 1. The number of hydrogen-bond acceptors (Lipinski definition) is 2. The van der Waals surface area contributed by atoms with Crippen LogP contribution in [0.5, 0.6) is 0 Å². The fraction of sp³-hybridized carbons (Fsp3) is 0.312. The first-order valence-corrected chi connectivity index (χ1v) is 6.57. The van der Waals surface area contributed by atoms with Gasteiger partial charge in [0.1, 0.15) is 0 Å². The number of para-hydroxylation sites is 1. The Morgan fingerprint density at radius 3 is 2.58 bits per heavy atom. The van der Waals surface area contributed by atoms with Crippen LogP contribution in [-0.4, -0.2) is 23.4 Å². The van der Waals surface area contributed by atoms with Crippen LogP contribution in [0, 0.1) is 6.92 Å². The van der Waals surface area contributed by atoms with Crippen molar-refractivity contribution in [1.82, 2.24) is 4.57 Å². The Morgan fingerprint density at radius 2 is 2.00 bits per heavy atom. The third-order valence-electron chi connectivity index (χ3n) is 3.33. The number of rotatable bonds is 5. The summed E-state index contributed by atoms with van der Waals surface area (Å²) in [5.74, 6) is 0.158. The maximum Gasteiger partial charge on any atom is 0.183 e. The van der Waals surface area contributed by atoms with E-state index in [-0.39, 0.29) is 5.78 Å². The molecule has 0 amide bonds. The van der Waals surface area contributed by atoms with Crippen LogP contribution in [0.15, 0.2) is 42.7 Å². The first-order valence-electron chi connectivity index (χ1n) is 6.57. The Hall–Kier alpha value is -2.03. The third kappa shape index (κ3) is 3.05. The Kier molecular flexibility index (Phi) is 4.05. The molecule has 0 atom stereocenters. The molecule has 0 fully saturated rings. The molecule has 0 aliphatic carbocycles. The molecule has 0 N–H and O–H groups in total. The molecule has 0 aliphatic heterocycles. The van der Waals surface area contributed by atoms with Crippen LogP contribution < -0.4 is 4.90 Å². The van der Waals surface area contributed by atoms with E-state index in [1.165, 1.54) is 5.56 Å². The molecular weight excluding hydrogens is 236 g/mol. The van der Waals surface area contributed by atoms with Crippen molar-refractivity contribution in [1.29, 1.82) is 0 Å². The molecule has 100 valence electrons. The summed E-state index contributed by atoms with van der Waals surface area (Å²) < 4.78 is 1.90. The average molecular weight is 256 g/mol. The topological polar surface area (TPSA) is 25.2 Å². The van der Waals surface area contributed by atoms with Gasteiger partial charge in [-0.3, -0.25) is 4.79 Å². The van der Waals surface area contributed by atoms with Gasteiger partial charge in [-0.05, 0) is 31.5 Å². The van der Waals surface area contributed by atoms with E-state index in [1.54, 1.807) is 0 Å². The minimum Gasteiger partial charge on any atom is -0.364 e. The molecule has 0 saturated heterocycles. The molecule has 19 heavy (non-hydrogen) atoms. The Morgan fingerprint density at radius 1 is 1.26 bits per heavy atom. The highest BCUT2D eigenvalue weighted by molar-refractivity contribution is 5.99. The maximum absolute atomic E-state index is 12.3. The number of anilines is 1. The fourth-order valence-corrected chi connectivity index (χ4v) is 2.22. The van der Waals surface area contributed by atoms with Crippen LogP contribution in [0.4, 0.5) is 5.69 Å². The molecule has 0 spiro atoms. The second-order valence-electron chi connectivity index (χ2n) is 4.79. The van der Waals surface area contributed by atoms with Crippen molar-refractivity contribution >= 4 is 11.5 Å². The van der Waals surface area contributed by atoms with E-state index in [1.807, 2.05) is 42.2 Å². The van der Waals surface area contributed by atoms with Gasteiger partial charge in [0.2, 0.25) is 0 Å². The van der Waals surface area contributed by atoms with E-state index < -0.39 is 0 Å². The summed E-state index contributed by atoms with van der Waals surface area (Å²) >= 11 is 0. The molecule has 1 heterocycles. The van der Waals surface area contributed by atoms with Crippen molar-refractivity contribution < 1.29 is 4.79 Å². The van der Waals surface area contributed by atoms with Crippen LogP contribution in [0.25, 0.3) is 0 Å². The van der Waals surface area contributed by atoms with Crippen molar-refractivity contribution in [3.05, 3.63) is 53.9 Å². The zero-order valence-electron chi connectivity index (χ0n) is 11.8. The smallest absolute Gasteiger partial charge is 0.183 e. The predicted octanol–water partition coefficient (Wildman–Crippen LogP) is 3.04. The number of hydrogen-bond donors (Lipinski definition) is 0. The monoisotopic (exact) mass is 256 g/mol. The summed E-state index contributed by atoms with van der Waals surface area (Å²) in [5.41, 5.74) is 3.11. The van der Waals surface area contributed by atoms with E-state index in [4.69, 9.17) is 0 Å². The Balaban J connectivity index is 2.16. The molecule has 0 radical (unpaired) electrons. The molecule has 3 heteroatoms. The molecule has 1 aromatic heterocycles. The quantitative estimate of drug-likeness (QED) is 0.768. The first-order chi connectivity index (χ1) is 9.11. The second-order valence-corrected chi connectivity index (χ2v) is 4.79. The zero-order valence-corrected chi connectivity index (χ0v) is 11.8. The first kappa shape index (κ1) is 13.4. The zero-order chi connectivity index (χ0) is 13.8. The van der Waals surface area contributed by atoms with Crippen LogP contribution in [0.2, 0.25) is 0 Å².